The highest BCUT2D eigenvalue weighted by molar-refractivity contribution is 7.93. The SMILES string of the molecule is Cc1cc(S(=O)(=O)N(C)C)cc(NS(=O)(=O)c2cc(Cl)sc2Cl)c1C. The lowest BCUT2D eigenvalue weighted by Crippen LogP contribution is -2.23. The maximum Gasteiger partial charge on any atom is 0.264 e. The van der Waals surface area contributed by atoms with Crippen molar-refractivity contribution in [3.8, 4) is 0 Å². The molecule has 0 atom stereocenters. The van der Waals surface area contributed by atoms with Crippen molar-refractivity contribution < 1.29 is 16.8 Å². The molecule has 0 fully saturated rings. The minimum absolute atomic E-state index is 0.00671. The van der Waals surface area contributed by atoms with Crippen molar-refractivity contribution in [1.82, 2.24) is 4.31 Å². The zero-order valence-electron chi connectivity index (χ0n) is 13.8. The van der Waals surface area contributed by atoms with Gasteiger partial charge in [-0.3, -0.25) is 4.72 Å². The van der Waals surface area contributed by atoms with Gasteiger partial charge < -0.3 is 0 Å². The van der Waals surface area contributed by atoms with E-state index in [0.29, 0.717) is 11.1 Å². The lowest BCUT2D eigenvalue weighted by Gasteiger charge is -2.17. The minimum Gasteiger partial charge on any atom is -0.279 e. The van der Waals surface area contributed by atoms with Gasteiger partial charge in [-0.05, 0) is 43.2 Å². The number of rotatable bonds is 5. The standard InChI is InChI=1S/C14H16Cl2N2O4S3/c1-8-5-10(25(21,22)18(3)4)6-11(9(8)2)17-24(19,20)12-7-13(15)23-14(12)16/h5-7,17H,1-4H3. The Hall–Kier alpha value is -0.840. The van der Waals surface area contributed by atoms with E-state index in [-0.39, 0.29) is 24.2 Å². The van der Waals surface area contributed by atoms with E-state index in [1.165, 1.54) is 32.3 Å². The van der Waals surface area contributed by atoms with Crippen molar-refractivity contribution in [3.05, 3.63) is 38.0 Å². The molecule has 0 aliphatic carbocycles. The molecular formula is C14H16Cl2N2O4S3. The van der Waals surface area contributed by atoms with E-state index in [9.17, 15) is 16.8 Å². The summed E-state index contributed by atoms with van der Waals surface area (Å²) in [6.45, 7) is 3.40. The number of hydrogen-bond acceptors (Lipinski definition) is 5. The van der Waals surface area contributed by atoms with Gasteiger partial charge in [-0.25, -0.2) is 21.1 Å². The number of hydrogen-bond donors (Lipinski definition) is 1. The van der Waals surface area contributed by atoms with Gasteiger partial charge in [0.25, 0.3) is 10.0 Å². The van der Waals surface area contributed by atoms with Crippen LogP contribution in [-0.2, 0) is 20.0 Å². The zero-order chi connectivity index (χ0) is 19.2. The Balaban J connectivity index is 2.57. The Morgan fingerprint density at radius 1 is 1.04 bits per heavy atom. The third-order valence-electron chi connectivity index (χ3n) is 3.58. The fraction of sp³-hybridized carbons (Fsp3) is 0.286. The molecule has 2 aromatic rings. The molecule has 0 amide bonds. The van der Waals surface area contributed by atoms with Crippen LogP contribution in [0.4, 0.5) is 5.69 Å². The summed E-state index contributed by atoms with van der Waals surface area (Å²) >= 11 is 12.7. The molecule has 1 N–H and O–H groups in total. The first-order valence-electron chi connectivity index (χ1n) is 6.87. The third kappa shape index (κ3) is 4.12. The molecule has 0 spiro atoms. The summed E-state index contributed by atoms with van der Waals surface area (Å²) in [6.07, 6.45) is 0. The van der Waals surface area contributed by atoms with Gasteiger partial charge in [0, 0.05) is 14.1 Å². The van der Waals surface area contributed by atoms with Crippen LogP contribution in [0.1, 0.15) is 11.1 Å². The first kappa shape index (κ1) is 20.5. The molecular weight excluding hydrogens is 427 g/mol. The van der Waals surface area contributed by atoms with Crippen molar-refractivity contribution >= 4 is 60.3 Å². The van der Waals surface area contributed by atoms with Crippen LogP contribution in [0.3, 0.4) is 0 Å². The van der Waals surface area contributed by atoms with Crippen molar-refractivity contribution in [2.75, 3.05) is 18.8 Å². The van der Waals surface area contributed by atoms with Crippen LogP contribution in [0.15, 0.2) is 28.0 Å². The van der Waals surface area contributed by atoms with Crippen molar-refractivity contribution in [1.29, 1.82) is 0 Å². The normalized spacial score (nSPS) is 12.6. The van der Waals surface area contributed by atoms with E-state index in [0.717, 1.165) is 15.6 Å². The fourth-order valence-corrected chi connectivity index (χ4v) is 6.28. The van der Waals surface area contributed by atoms with E-state index in [1.54, 1.807) is 13.8 Å². The molecule has 1 aromatic heterocycles. The van der Waals surface area contributed by atoms with E-state index in [1.807, 2.05) is 0 Å². The summed E-state index contributed by atoms with van der Waals surface area (Å²) in [5, 5.41) is 0. The predicted octanol–water partition coefficient (Wildman–Crippen LogP) is 3.72. The second kappa shape index (κ2) is 7.05. The lowest BCUT2D eigenvalue weighted by atomic mass is 10.1. The lowest BCUT2D eigenvalue weighted by molar-refractivity contribution is 0.520. The molecule has 1 heterocycles. The van der Waals surface area contributed by atoms with Crippen molar-refractivity contribution in [3.63, 3.8) is 0 Å². The van der Waals surface area contributed by atoms with Crippen LogP contribution in [0.2, 0.25) is 8.67 Å². The van der Waals surface area contributed by atoms with Crippen molar-refractivity contribution in [2.24, 2.45) is 0 Å². The predicted molar refractivity (Wildman–Crippen MR) is 102 cm³/mol. The van der Waals surface area contributed by atoms with Gasteiger partial charge in [0.1, 0.15) is 9.23 Å². The number of halogens is 2. The first-order valence-corrected chi connectivity index (χ1v) is 11.4. The third-order valence-corrected chi connectivity index (χ3v) is 8.49. The van der Waals surface area contributed by atoms with Gasteiger partial charge in [-0.2, -0.15) is 0 Å². The van der Waals surface area contributed by atoms with Gasteiger partial charge in [0.05, 0.1) is 14.9 Å². The number of benzene rings is 1. The molecule has 0 radical (unpaired) electrons. The maximum atomic E-state index is 12.6. The summed E-state index contributed by atoms with van der Waals surface area (Å²) in [7, 11) is -4.91. The Morgan fingerprint density at radius 2 is 1.64 bits per heavy atom. The molecule has 0 aliphatic heterocycles. The number of sulfonamides is 2. The van der Waals surface area contributed by atoms with Crippen LogP contribution in [-0.4, -0.2) is 35.2 Å². The zero-order valence-corrected chi connectivity index (χ0v) is 17.8. The van der Waals surface area contributed by atoms with Crippen LogP contribution in [0, 0.1) is 13.8 Å². The molecule has 6 nitrogen and oxygen atoms in total. The van der Waals surface area contributed by atoms with E-state index in [4.69, 9.17) is 23.2 Å². The molecule has 11 heteroatoms. The van der Waals surface area contributed by atoms with Gasteiger partial charge in [-0.1, -0.05) is 23.2 Å². The Bertz CT molecular complexity index is 1030. The molecule has 2 rings (SSSR count). The second-order valence-electron chi connectivity index (χ2n) is 5.49. The fourth-order valence-electron chi connectivity index (χ4n) is 2.00. The van der Waals surface area contributed by atoms with E-state index >= 15 is 0 Å². The summed E-state index contributed by atoms with van der Waals surface area (Å²) in [6, 6.07) is 4.04. The molecule has 25 heavy (non-hydrogen) atoms. The summed E-state index contributed by atoms with van der Waals surface area (Å²) < 4.78 is 53.6. The second-order valence-corrected chi connectivity index (χ2v) is 11.6. The monoisotopic (exact) mass is 442 g/mol. The molecule has 0 saturated carbocycles. The van der Waals surface area contributed by atoms with Gasteiger partial charge in [0.15, 0.2) is 0 Å². The average molecular weight is 443 g/mol. The minimum atomic E-state index is -4.01. The molecule has 1 aromatic carbocycles. The highest BCUT2D eigenvalue weighted by Gasteiger charge is 2.24. The maximum absolute atomic E-state index is 12.6. The van der Waals surface area contributed by atoms with Crippen LogP contribution < -0.4 is 4.72 Å². The number of thiophene rings is 1. The topological polar surface area (TPSA) is 83.6 Å². The first-order chi connectivity index (χ1) is 11.4. The number of anilines is 1. The van der Waals surface area contributed by atoms with Gasteiger partial charge in [0.2, 0.25) is 10.0 Å². The Kier molecular flexibility index (Phi) is 5.77. The molecule has 0 saturated heterocycles. The molecule has 0 bridgehead atoms. The summed E-state index contributed by atoms with van der Waals surface area (Å²) in [4.78, 5) is -0.158. The highest BCUT2D eigenvalue weighted by Crippen LogP contribution is 2.36. The van der Waals surface area contributed by atoms with Gasteiger partial charge >= 0.3 is 0 Å². The Labute approximate surface area is 161 Å². The van der Waals surface area contributed by atoms with Crippen LogP contribution in [0.25, 0.3) is 0 Å². The number of nitrogens with one attached hydrogen (secondary N) is 1. The largest absolute Gasteiger partial charge is 0.279 e. The molecule has 0 aliphatic rings. The summed E-state index contributed by atoms with van der Waals surface area (Å²) in [5.74, 6) is 0. The van der Waals surface area contributed by atoms with E-state index < -0.39 is 20.0 Å². The quantitative estimate of drug-likeness (QED) is 0.764. The van der Waals surface area contributed by atoms with E-state index in [2.05, 4.69) is 4.72 Å². The highest BCUT2D eigenvalue weighted by atomic mass is 35.5. The van der Waals surface area contributed by atoms with Crippen LogP contribution >= 0.6 is 34.5 Å². The summed E-state index contributed by atoms with van der Waals surface area (Å²) in [5.41, 5.74) is 1.41. The molecule has 138 valence electrons. The molecule has 0 unspecified atom stereocenters. The Morgan fingerprint density at radius 3 is 2.12 bits per heavy atom. The number of nitrogens with zero attached hydrogens (tertiary/aromatic N) is 1. The van der Waals surface area contributed by atoms with Gasteiger partial charge in [-0.15, -0.1) is 11.3 Å². The smallest absolute Gasteiger partial charge is 0.264 e. The van der Waals surface area contributed by atoms with Crippen LogP contribution in [0.5, 0.6) is 0 Å². The average Bonchev–Trinajstić information content (AvgIpc) is 2.82. The number of aryl methyl sites for hydroxylation is 1. The van der Waals surface area contributed by atoms with Crippen molar-refractivity contribution in [2.45, 2.75) is 23.6 Å².